The fraction of sp³-hybridized carbons (Fsp3) is 1.00. The molecule has 0 saturated heterocycles. The van der Waals surface area contributed by atoms with Gasteiger partial charge in [-0.25, -0.2) is 0 Å². The molecule has 3 heteroatoms. The van der Waals surface area contributed by atoms with E-state index in [1.807, 2.05) is 20.9 Å². The topological polar surface area (TPSA) is 49.5 Å². The second-order valence-electron chi connectivity index (χ2n) is 3.46. The lowest BCUT2D eigenvalue weighted by atomic mass is 9.97. The van der Waals surface area contributed by atoms with E-state index in [1.165, 1.54) is 0 Å². The van der Waals surface area contributed by atoms with E-state index < -0.39 is 5.60 Å². The minimum atomic E-state index is -0.524. The Balaban J connectivity index is 3.84. The van der Waals surface area contributed by atoms with E-state index in [-0.39, 0.29) is 0 Å². The first-order chi connectivity index (χ1) is 5.58. The van der Waals surface area contributed by atoms with Gasteiger partial charge in [-0.05, 0) is 19.9 Å². The lowest BCUT2D eigenvalue weighted by molar-refractivity contribution is 0.00380. The molecular formula is C9H22N2O. The maximum atomic E-state index is 9.94. The maximum Gasteiger partial charge on any atom is 0.0768 e. The zero-order valence-corrected chi connectivity index (χ0v) is 8.51. The minimum absolute atomic E-state index is 0.524. The van der Waals surface area contributed by atoms with Crippen molar-refractivity contribution in [2.45, 2.75) is 32.3 Å². The Kier molecular flexibility index (Phi) is 5.46. The summed E-state index contributed by atoms with van der Waals surface area (Å²) in [6.45, 7) is 6.25. The molecule has 3 nitrogen and oxygen atoms in total. The van der Waals surface area contributed by atoms with Crippen molar-refractivity contribution in [1.29, 1.82) is 0 Å². The molecule has 0 aliphatic heterocycles. The molecule has 0 aliphatic carbocycles. The van der Waals surface area contributed by atoms with E-state index in [9.17, 15) is 5.11 Å². The molecule has 0 saturated carbocycles. The molecular weight excluding hydrogens is 152 g/mol. The summed E-state index contributed by atoms with van der Waals surface area (Å²) >= 11 is 0. The van der Waals surface area contributed by atoms with Crippen LogP contribution < -0.4 is 5.73 Å². The first-order valence-corrected chi connectivity index (χ1v) is 4.69. The largest absolute Gasteiger partial charge is 0.389 e. The van der Waals surface area contributed by atoms with E-state index in [0.29, 0.717) is 6.54 Å². The Morgan fingerprint density at radius 1 is 1.33 bits per heavy atom. The fourth-order valence-electron chi connectivity index (χ4n) is 1.28. The molecule has 0 aliphatic rings. The van der Waals surface area contributed by atoms with Crippen molar-refractivity contribution in [3.05, 3.63) is 0 Å². The van der Waals surface area contributed by atoms with Crippen molar-refractivity contribution >= 4 is 0 Å². The Labute approximate surface area is 75.6 Å². The second kappa shape index (κ2) is 5.51. The summed E-state index contributed by atoms with van der Waals surface area (Å²) in [5.74, 6) is 0. The van der Waals surface area contributed by atoms with Gasteiger partial charge >= 0.3 is 0 Å². The number of hydrogen-bond donors (Lipinski definition) is 2. The summed E-state index contributed by atoms with van der Waals surface area (Å²) in [4.78, 5) is 2.08. The first kappa shape index (κ1) is 11.9. The van der Waals surface area contributed by atoms with Gasteiger partial charge in [-0.3, -0.25) is 0 Å². The van der Waals surface area contributed by atoms with Crippen LogP contribution in [0, 0.1) is 0 Å². The zero-order valence-electron chi connectivity index (χ0n) is 8.51. The lowest BCUT2D eigenvalue weighted by Crippen LogP contribution is -2.42. The molecule has 0 atom stereocenters. The smallest absolute Gasteiger partial charge is 0.0768 e. The van der Waals surface area contributed by atoms with Gasteiger partial charge < -0.3 is 15.7 Å². The summed E-state index contributed by atoms with van der Waals surface area (Å²) in [6, 6.07) is 0. The molecule has 0 amide bonds. The van der Waals surface area contributed by atoms with Crippen molar-refractivity contribution in [3.8, 4) is 0 Å². The van der Waals surface area contributed by atoms with Crippen LogP contribution >= 0.6 is 0 Å². The zero-order chi connectivity index (χ0) is 9.61. The molecule has 0 bridgehead atoms. The van der Waals surface area contributed by atoms with Gasteiger partial charge in [0.2, 0.25) is 0 Å². The van der Waals surface area contributed by atoms with E-state index in [0.717, 1.165) is 25.9 Å². The van der Waals surface area contributed by atoms with Crippen LogP contribution in [0.1, 0.15) is 26.7 Å². The van der Waals surface area contributed by atoms with Crippen molar-refractivity contribution in [2.75, 3.05) is 26.7 Å². The van der Waals surface area contributed by atoms with Crippen molar-refractivity contribution < 1.29 is 5.11 Å². The molecule has 12 heavy (non-hydrogen) atoms. The Bertz CT molecular complexity index is 113. The summed E-state index contributed by atoms with van der Waals surface area (Å²) in [5, 5.41) is 9.94. The molecule has 0 aromatic carbocycles. The van der Waals surface area contributed by atoms with Crippen LogP contribution in [0.3, 0.4) is 0 Å². The van der Waals surface area contributed by atoms with Gasteiger partial charge in [0, 0.05) is 19.6 Å². The van der Waals surface area contributed by atoms with E-state index in [4.69, 9.17) is 5.73 Å². The highest BCUT2D eigenvalue weighted by atomic mass is 16.3. The van der Waals surface area contributed by atoms with Gasteiger partial charge in [0.25, 0.3) is 0 Å². The number of hydrogen-bond acceptors (Lipinski definition) is 3. The third-order valence-corrected chi connectivity index (χ3v) is 2.39. The van der Waals surface area contributed by atoms with Crippen LogP contribution in [0.4, 0.5) is 0 Å². The van der Waals surface area contributed by atoms with Crippen LogP contribution in [0.2, 0.25) is 0 Å². The number of nitrogens with two attached hydrogens (primary N) is 1. The molecule has 0 rings (SSSR count). The van der Waals surface area contributed by atoms with Crippen LogP contribution in [0.25, 0.3) is 0 Å². The fourth-order valence-corrected chi connectivity index (χ4v) is 1.28. The molecule has 0 aromatic rings. The van der Waals surface area contributed by atoms with Gasteiger partial charge in [-0.2, -0.15) is 0 Å². The average Bonchev–Trinajstić information content (AvgIpc) is 2.05. The van der Waals surface area contributed by atoms with Gasteiger partial charge in [-0.15, -0.1) is 0 Å². The summed E-state index contributed by atoms with van der Waals surface area (Å²) in [6.07, 6.45) is 1.61. The molecule has 0 fully saturated rings. The van der Waals surface area contributed by atoms with Crippen molar-refractivity contribution in [1.82, 2.24) is 4.90 Å². The monoisotopic (exact) mass is 174 g/mol. The normalized spacial score (nSPS) is 12.5. The maximum absolute atomic E-state index is 9.94. The number of aliphatic hydroxyl groups is 1. The van der Waals surface area contributed by atoms with E-state index in [1.54, 1.807) is 0 Å². The van der Waals surface area contributed by atoms with Gasteiger partial charge in [0.1, 0.15) is 0 Å². The molecule has 0 unspecified atom stereocenters. The number of rotatable bonds is 6. The highest BCUT2D eigenvalue weighted by Crippen LogP contribution is 2.15. The van der Waals surface area contributed by atoms with Gasteiger partial charge in [0.15, 0.2) is 0 Å². The van der Waals surface area contributed by atoms with E-state index >= 15 is 0 Å². The summed E-state index contributed by atoms with van der Waals surface area (Å²) in [5.41, 5.74) is 4.88. The number of likely N-dealkylation sites (N-methyl/N-ethyl adjacent to an activating group) is 1. The molecule has 0 radical (unpaired) electrons. The highest BCUT2D eigenvalue weighted by molar-refractivity contribution is 4.78. The van der Waals surface area contributed by atoms with Crippen LogP contribution in [-0.4, -0.2) is 42.3 Å². The molecule has 74 valence electrons. The van der Waals surface area contributed by atoms with Crippen LogP contribution in [0.5, 0.6) is 0 Å². The van der Waals surface area contributed by atoms with Gasteiger partial charge in [-0.1, -0.05) is 13.8 Å². The standard InChI is InChI=1S/C9H22N2O/c1-4-9(12,5-2)8-11(3)7-6-10/h12H,4-8,10H2,1-3H3. The first-order valence-electron chi connectivity index (χ1n) is 4.69. The predicted molar refractivity (Wildman–Crippen MR) is 52.1 cm³/mol. The second-order valence-corrected chi connectivity index (χ2v) is 3.46. The molecule has 3 N–H and O–H groups in total. The van der Waals surface area contributed by atoms with Crippen molar-refractivity contribution in [3.63, 3.8) is 0 Å². The highest BCUT2D eigenvalue weighted by Gasteiger charge is 2.23. The van der Waals surface area contributed by atoms with E-state index in [2.05, 4.69) is 4.90 Å². The average molecular weight is 174 g/mol. The summed E-state index contributed by atoms with van der Waals surface area (Å²) < 4.78 is 0. The molecule has 0 aromatic heterocycles. The quantitative estimate of drug-likeness (QED) is 0.614. The third kappa shape index (κ3) is 4.04. The Hall–Kier alpha value is -0.120. The van der Waals surface area contributed by atoms with Gasteiger partial charge in [0.05, 0.1) is 5.60 Å². The predicted octanol–water partition coefficient (Wildman–Crippen LogP) is 0.428. The SMILES string of the molecule is CCC(O)(CC)CN(C)CCN. The Morgan fingerprint density at radius 3 is 2.17 bits per heavy atom. The van der Waals surface area contributed by atoms with Crippen LogP contribution in [0.15, 0.2) is 0 Å². The minimum Gasteiger partial charge on any atom is -0.389 e. The number of nitrogens with zero attached hydrogens (tertiary/aromatic N) is 1. The molecule has 0 heterocycles. The lowest BCUT2D eigenvalue weighted by Gasteiger charge is -2.30. The van der Waals surface area contributed by atoms with Crippen LogP contribution in [-0.2, 0) is 0 Å². The third-order valence-electron chi connectivity index (χ3n) is 2.39. The summed E-state index contributed by atoms with van der Waals surface area (Å²) in [7, 11) is 1.99. The molecule has 0 spiro atoms. The Morgan fingerprint density at radius 2 is 1.83 bits per heavy atom. The van der Waals surface area contributed by atoms with Crippen molar-refractivity contribution in [2.24, 2.45) is 5.73 Å².